The number of ether oxygens (including phenoxy) is 3. The average molecular weight is 424 g/mol. The van der Waals surface area contributed by atoms with E-state index in [2.05, 4.69) is 15.8 Å². The van der Waals surface area contributed by atoms with E-state index in [-0.39, 0.29) is 22.7 Å². The number of halogens is 2. The molecule has 10 heteroatoms. The van der Waals surface area contributed by atoms with E-state index in [1.54, 1.807) is 0 Å². The zero-order valence-corrected chi connectivity index (χ0v) is 16.7. The van der Waals surface area contributed by atoms with Crippen molar-refractivity contribution < 1.29 is 28.2 Å². The molecule has 154 valence electrons. The van der Waals surface area contributed by atoms with Crippen LogP contribution >= 0.6 is 11.6 Å². The van der Waals surface area contributed by atoms with Crippen LogP contribution in [-0.2, 0) is 4.79 Å². The average Bonchev–Trinajstić information content (AvgIpc) is 2.72. The van der Waals surface area contributed by atoms with Gasteiger partial charge >= 0.3 is 0 Å². The molecule has 2 aromatic carbocycles. The Balaban J connectivity index is 1.98. The quantitative estimate of drug-likeness (QED) is 0.502. The maximum Gasteiger partial charge on any atom is 0.259 e. The summed E-state index contributed by atoms with van der Waals surface area (Å²) < 4.78 is 29.2. The maximum absolute atomic E-state index is 13.6. The van der Waals surface area contributed by atoms with Gasteiger partial charge in [-0.2, -0.15) is 5.10 Å². The van der Waals surface area contributed by atoms with Crippen molar-refractivity contribution in [2.75, 3.05) is 27.9 Å². The summed E-state index contributed by atoms with van der Waals surface area (Å²) in [5.74, 6) is -0.799. The number of hydrogen-bond acceptors (Lipinski definition) is 6. The molecule has 8 nitrogen and oxygen atoms in total. The van der Waals surface area contributed by atoms with Crippen molar-refractivity contribution in [2.45, 2.75) is 0 Å². The molecule has 0 heterocycles. The second-order valence-electron chi connectivity index (χ2n) is 5.53. The molecule has 2 aromatic rings. The Kier molecular flexibility index (Phi) is 7.79. The Morgan fingerprint density at radius 1 is 1.14 bits per heavy atom. The predicted molar refractivity (Wildman–Crippen MR) is 106 cm³/mol. The third kappa shape index (κ3) is 5.58. The van der Waals surface area contributed by atoms with Crippen LogP contribution in [0.2, 0.25) is 5.02 Å². The van der Waals surface area contributed by atoms with Crippen LogP contribution in [0.5, 0.6) is 17.2 Å². The van der Waals surface area contributed by atoms with Crippen LogP contribution in [0.3, 0.4) is 0 Å². The Bertz CT molecular complexity index is 891. The molecule has 0 radical (unpaired) electrons. The lowest BCUT2D eigenvalue weighted by Crippen LogP contribution is -2.35. The van der Waals surface area contributed by atoms with Gasteiger partial charge in [0.25, 0.3) is 11.8 Å². The summed E-state index contributed by atoms with van der Waals surface area (Å²) >= 11 is 5.86. The van der Waals surface area contributed by atoms with Crippen molar-refractivity contribution in [3.8, 4) is 17.2 Å². The summed E-state index contributed by atoms with van der Waals surface area (Å²) in [5.41, 5.74) is 2.42. The van der Waals surface area contributed by atoms with Crippen molar-refractivity contribution in [1.29, 1.82) is 0 Å². The summed E-state index contributed by atoms with van der Waals surface area (Å²) in [6, 6.07) is 7.06. The molecule has 0 aliphatic carbocycles. The number of hydrazone groups is 1. The van der Waals surface area contributed by atoms with Gasteiger partial charge in [-0.3, -0.25) is 9.59 Å². The van der Waals surface area contributed by atoms with Gasteiger partial charge < -0.3 is 19.5 Å². The molecule has 2 amide bonds. The summed E-state index contributed by atoms with van der Waals surface area (Å²) in [7, 11) is 4.29. The van der Waals surface area contributed by atoms with Gasteiger partial charge in [0.2, 0.25) is 5.75 Å². The molecule has 0 atom stereocenters. The van der Waals surface area contributed by atoms with Gasteiger partial charge in [-0.25, -0.2) is 9.82 Å². The zero-order chi connectivity index (χ0) is 21.4. The molecule has 0 saturated carbocycles. The standard InChI is InChI=1S/C19H19ClFN3O5/c1-27-15-7-11(8-16(28-2)18(15)29-3)19(26)22-10-17(25)24-23-9-12-13(20)5-4-6-14(12)21/h4-9H,10H2,1-3H3,(H,22,26)(H,24,25)/b23-9+. The Morgan fingerprint density at radius 2 is 1.79 bits per heavy atom. The lowest BCUT2D eigenvalue weighted by molar-refractivity contribution is -0.120. The summed E-state index contributed by atoms with van der Waals surface area (Å²) in [6.07, 6.45) is 1.08. The number of carbonyl (C=O) groups is 2. The summed E-state index contributed by atoms with van der Waals surface area (Å²) in [4.78, 5) is 24.2. The Hall–Kier alpha value is -3.33. The van der Waals surface area contributed by atoms with Crippen LogP contribution in [0, 0.1) is 5.82 Å². The number of amides is 2. The van der Waals surface area contributed by atoms with Gasteiger partial charge in [0.1, 0.15) is 5.82 Å². The van der Waals surface area contributed by atoms with Crippen molar-refractivity contribution in [1.82, 2.24) is 10.7 Å². The van der Waals surface area contributed by atoms with E-state index < -0.39 is 17.6 Å². The van der Waals surface area contributed by atoms with E-state index >= 15 is 0 Å². The van der Waals surface area contributed by atoms with Crippen molar-refractivity contribution in [2.24, 2.45) is 5.10 Å². The second-order valence-corrected chi connectivity index (χ2v) is 5.93. The molecular weight excluding hydrogens is 405 g/mol. The minimum absolute atomic E-state index is 0.0379. The van der Waals surface area contributed by atoms with Crippen LogP contribution in [-0.4, -0.2) is 45.9 Å². The van der Waals surface area contributed by atoms with E-state index in [4.69, 9.17) is 25.8 Å². The predicted octanol–water partition coefficient (Wildman–Crippen LogP) is 2.38. The highest BCUT2D eigenvalue weighted by Crippen LogP contribution is 2.38. The highest BCUT2D eigenvalue weighted by molar-refractivity contribution is 6.33. The fourth-order valence-corrected chi connectivity index (χ4v) is 2.53. The van der Waals surface area contributed by atoms with E-state index in [0.717, 1.165) is 6.21 Å². The van der Waals surface area contributed by atoms with Crippen molar-refractivity contribution in [3.05, 3.63) is 52.3 Å². The highest BCUT2D eigenvalue weighted by Gasteiger charge is 2.17. The molecule has 0 fully saturated rings. The van der Waals surface area contributed by atoms with Gasteiger partial charge in [-0.05, 0) is 24.3 Å². The van der Waals surface area contributed by atoms with Crippen LogP contribution in [0.15, 0.2) is 35.4 Å². The number of methoxy groups -OCH3 is 3. The summed E-state index contributed by atoms with van der Waals surface area (Å²) in [6.45, 7) is -0.363. The van der Waals surface area contributed by atoms with Crippen molar-refractivity contribution >= 4 is 29.6 Å². The number of carbonyl (C=O) groups excluding carboxylic acids is 2. The van der Waals surface area contributed by atoms with E-state index in [1.165, 1.54) is 51.7 Å². The molecule has 0 unspecified atom stereocenters. The normalized spacial score (nSPS) is 10.5. The van der Waals surface area contributed by atoms with Crippen LogP contribution in [0.1, 0.15) is 15.9 Å². The highest BCUT2D eigenvalue weighted by atomic mass is 35.5. The van der Waals surface area contributed by atoms with Gasteiger partial charge in [0, 0.05) is 11.1 Å². The molecule has 2 rings (SSSR count). The zero-order valence-electron chi connectivity index (χ0n) is 15.9. The molecule has 0 bridgehead atoms. The lowest BCUT2D eigenvalue weighted by Gasteiger charge is -2.14. The van der Waals surface area contributed by atoms with Gasteiger partial charge in [-0.15, -0.1) is 0 Å². The lowest BCUT2D eigenvalue weighted by atomic mass is 10.1. The molecule has 0 spiro atoms. The molecule has 0 saturated heterocycles. The number of nitrogens with one attached hydrogen (secondary N) is 2. The number of benzene rings is 2. The fraction of sp³-hybridized carbons (Fsp3) is 0.211. The first-order valence-corrected chi connectivity index (χ1v) is 8.63. The third-order valence-electron chi connectivity index (χ3n) is 3.72. The molecule has 29 heavy (non-hydrogen) atoms. The van der Waals surface area contributed by atoms with Gasteiger partial charge in [-0.1, -0.05) is 17.7 Å². The van der Waals surface area contributed by atoms with Gasteiger partial charge in [0.05, 0.1) is 39.1 Å². The van der Waals surface area contributed by atoms with E-state index in [9.17, 15) is 14.0 Å². The largest absolute Gasteiger partial charge is 0.493 e. The first kappa shape index (κ1) is 22.0. The van der Waals surface area contributed by atoms with Crippen molar-refractivity contribution in [3.63, 3.8) is 0 Å². The third-order valence-corrected chi connectivity index (χ3v) is 4.05. The number of hydrogen-bond donors (Lipinski definition) is 2. The minimum atomic E-state index is -0.616. The Labute approximate surface area is 171 Å². The molecule has 0 aliphatic rings. The van der Waals surface area contributed by atoms with Gasteiger partial charge in [0.15, 0.2) is 11.5 Å². The minimum Gasteiger partial charge on any atom is -0.493 e. The molecule has 0 aliphatic heterocycles. The molecule has 2 N–H and O–H groups in total. The number of nitrogens with zero attached hydrogens (tertiary/aromatic N) is 1. The van der Waals surface area contributed by atoms with Crippen LogP contribution < -0.4 is 25.0 Å². The Morgan fingerprint density at radius 3 is 2.34 bits per heavy atom. The smallest absolute Gasteiger partial charge is 0.259 e. The second kappa shape index (κ2) is 10.3. The monoisotopic (exact) mass is 423 g/mol. The topological polar surface area (TPSA) is 98.2 Å². The number of rotatable bonds is 8. The summed E-state index contributed by atoms with van der Waals surface area (Å²) in [5, 5.41) is 6.22. The maximum atomic E-state index is 13.6. The van der Waals surface area contributed by atoms with Crippen LogP contribution in [0.25, 0.3) is 0 Å². The SMILES string of the molecule is COc1cc(C(=O)NCC(=O)N/N=C/c2c(F)cccc2Cl)cc(OC)c1OC. The first-order valence-electron chi connectivity index (χ1n) is 8.25. The molecule has 0 aromatic heterocycles. The fourth-order valence-electron chi connectivity index (χ4n) is 2.32. The van der Waals surface area contributed by atoms with Crippen LogP contribution in [0.4, 0.5) is 4.39 Å². The molecular formula is C19H19ClFN3O5. The first-order chi connectivity index (χ1) is 13.9. The van der Waals surface area contributed by atoms with E-state index in [0.29, 0.717) is 17.2 Å². The van der Waals surface area contributed by atoms with E-state index in [1.807, 2.05) is 0 Å².